The van der Waals surface area contributed by atoms with Crippen LogP contribution in [0.1, 0.15) is 10.4 Å². The van der Waals surface area contributed by atoms with Crippen molar-refractivity contribution in [3.05, 3.63) is 52.2 Å². The summed E-state index contributed by atoms with van der Waals surface area (Å²) in [4.78, 5) is 23.6. The Morgan fingerprint density at radius 2 is 1.72 bits per heavy atom. The smallest absolute Gasteiger partial charge is 0.335 e. The predicted molar refractivity (Wildman–Crippen MR) is 89.2 cm³/mol. The fourth-order valence-electron chi connectivity index (χ4n) is 2.40. The number of hydrogen-bond donors (Lipinski definition) is 3. The molecule has 0 bridgehead atoms. The van der Waals surface area contributed by atoms with Crippen molar-refractivity contribution in [2.45, 2.75) is 4.90 Å². The largest absolute Gasteiger partial charge is 0.478 e. The molecule has 0 aliphatic heterocycles. The molecule has 0 radical (unpaired) electrons. The number of aliphatic hydroxyl groups is 1. The average Bonchev–Trinajstić information content (AvgIpc) is 2.59. The van der Waals surface area contributed by atoms with Crippen molar-refractivity contribution in [1.82, 2.24) is 4.72 Å². The summed E-state index contributed by atoms with van der Waals surface area (Å²) >= 11 is 0. The fourth-order valence-corrected chi connectivity index (χ4v) is 3.45. The summed E-state index contributed by atoms with van der Waals surface area (Å²) in [5.74, 6) is -1.19. The highest BCUT2D eigenvalue weighted by atomic mass is 32.2. The van der Waals surface area contributed by atoms with Crippen LogP contribution in [-0.2, 0) is 10.0 Å². The predicted octanol–water partition coefficient (Wildman–Crippen LogP) is 0.915. The molecule has 130 valence electrons. The van der Waals surface area contributed by atoms with Crippen LogP contribution < -0.4 is 10.2 Å². The zero-order chi connectivity index (χ0) is 18.2. The zero-order valence-electron chi connectivity index (χ0n) is 12.7. The van der Waals surface area contributed by atoms with E-state index in [0.29, 0.717) is 0 Å². The van der Waals surface area contributed by atoms with E-state index in [-0.39, 0.29) is 45.5 Å². The van der Waals surface area contributed by atoms with Gasteiger partial charge in [0.1, 0.15) is 11.2 Å². The van der Waals surface area contributed by atoms with Gasteiger partial charge in [0.15, 0.2) is 0 Å². The maximum absolute atomic E-state index is 12.6. The number of benzene rings is 2. The number of aliphatic hydroxyl groups excluding tert-OH is 1. The van der Waals surface area contributed by atoms with Gasteiger partial charge in [0.05, 0.1) is 27.8 Å². The van der Waals surface area contributed by atoms with Crippen molar-refractivity contribution >= 4 is 37.9 Å². The van der Waals surface area contributed by atoms with E-state index in [0.717, 1.165) is 6.07 Å². The summed E-state index contributed by atoms with van der Waals surface area (Å²) < 4.78 is 32.0. The molecule has 0 saturated heterocycles. The van der Waals surface area contributed by atoms with Crippen LogP contribution in [0.4, 0.5) is 0 Å². The summed E-state index contributed by atoms with van der Waals surface area (Å²) in [6, 6.07) is 7.68. The van der Waals surface area contributed by atoms with Gasteiger partial charge in [0.25, 0.3) is 0 Å². The molecule has 0 aliphatic carbocycles. The number of hydrogen-bond acceptors (Lipinski definition) is 6. The Balaban J connectivity index is 2.25. The minimum atomic E-state index is -3.89. The minimum absolute atomic E-state index is 0.0157. The second-order valence-electron chi connectivity index (χ2n) is 5.23. The number of aromatic carboxylic acids is 1. The Morgan fingerprint density at radius 1 is 1.08 bits per heavy atom. The second kappa shape index (κ2) is 6.28. The highest BCUT2D eigenvalue weighted by molar-refractivity contribution is 7.89. The van der Waals surface area contributed by atoms with Crippen LogP contribution in [0.2, 0.25) is 0 Å². The Kier molecular flexibility index (Phi) is 4.29. The molecule has 2 aromatic carbocycles. The molecular formula is C16H13NO7S. The van der Waals surface area contributed by atoms with Crippen molar-refractivity contribution in [3.63, 3.8) is 0 Å². The molecule has 0 atom stereocenters. The van der Waals surface area contributed by atoms with E-state index in [9.17, 15) is 18.0 Å². The van der Waals surface area contributed by atoms with Crippen molar-refractivity contribution in [1.29, 1.82) is 0 Å². The highest BCUT2D eigenvalue weighted by Crippen LogP contribution is 2.22. The van der Waals surface area contributed by atoms with Crippen LogP contribution in [0.5, 0.6) is 0 Å². The molecule has 0 unspecified atom stereocenters. The molecule has 0 fully saturated rings. The summed E-state index contributed by atoms with van der Waals surface area (Å²) in [6.07, 6.45) is 0. The first-order valence-electron chi connectivity index (χ1n) is 7.18. The van der Waals surface area contributed by atoms with Gasteiger partial charge in [-0.05, 0) is 36.4 Å². The lowest BCUT2D eigenvalue weighted by Gasteiger charge is -2.07. The first-order chi connectivity index (χ1) is 11.8. The standard InChI is InChI=1S/C16H13NO7S/c18-6-5-17-25(22,23)10-2-4-14-12(8-10)15(19)11-7-9(16(20)21)1-3-13(11)24-14/h1-4,7-8,17-18H,5-6H2,(H,20,21). The van der Waals surface area contributed by atoms with Crippen molar-refractivity contribution in [3.8, 4) is 0 Å². The van der Waals surface area contributed by atoms with Gasteiger partial charge >= 0.3 is 5.97 Å². The molecule has 0 spiro atoms. The summed E-state index contributed by atoms with van der Waals surface area (Å²) in [7, 11) is -3.89. The Hall–Kier alpha value is -2.75. The molecule has 3 rings (SSSR count). The fraction of sp³-hybridized carbons (Fsp3) is 0.125. The highest BCUT2D eigenvalue weighted by Gasteiger charge is 2.17. The third-order valence-corrected chi connectivity index (χ3v) is 5.06. The maximum atomic E-state index is 12.6. The molecule has 0 saturated carbocycles. The van der Waals surface area contributed by atoms with Crippen LogP contribution in [0.25, 0.3) is 21.9 Å². The van der Waals surface area contributed by atoms with E-state index >= 15 is 0 Å². The molecule has 0 aliphatic rings. The molecule has 3 aromatic rings. The van der Waals surface area contributed by atoms with E-state index in [1.807, 2.05) is 0 Å². The van der Waals surface area contributed by atoms with E-state index in [4.69, 9.17) is 14.6 Å². The van der Waals surface area contributed by atoms with Crippen LogP contribution in [0.15, 0.2) is 50.5 Å². The maximum Gasteiger partial charge on any atom is 0.335 e. The second-order valence-corrected chi connectivity index (χ2v) is 6.99. The summed E-state index contributed by atoms with van der Waals surface area (Å²) in [5.41, 5.74) is -0.218. The van der Waals surface area contributed by atoms with Crippen LogP contribution in [0.3, 0.4) is 0 Å². The van der Waals surface area contributed by atoms with Gasteiger partial charge in [0.2, 0.25) is 15.5 Å². The van der Waals surface area contributed by atoms with Gasteiger partial charge in [-0.2, -0.15) is 0 Å². The molecule has 25 heavy (non-hydrogen) atoms. The van der Waals surface area contributed by atoms with Crippen molar-refractivity contribution < 1.29 is 27.8 Å². The number of fused-ring (bicyclic) bond motifs is 2. The van der Waals surface area contributed by atoms with E-state index in [2.05, 4.69) is 4.72 Å². The molecule has 3 N–H and O–H groups in total. The first-order valence-corrected chi connectivity index (χ1v) is 8.66. The summed E-state index contributed by atoms with van der Waals surface area (Å²) in [6.45, 7) is -0.522. The minimum Gasteiger partial charge on any atom is -0.478 e. The lowest BCUT2D eigenvalue weighted by atomic mass is 10.1. The SMILES string of the molecule is O=C(O)c1ccc2oc3ccc(S(=O)(=O)NCCO)cc3c(=O)c2c1. The topological polar surface area (TPSA) is 134 Å². The van der Waals surface area contributed by atoms with Crippen LogP contribution >= 0.6 is 0 Å². The molecule has 8 nitrogen and oxygen atoms in total. The zero-order valence-corrected chi connectivity index (χ0v) is 13.5. The number of carboxylic acid groups (broad SMARTS) is 1. The number of carbonyl (C=O) groups is 1. The quantitative estimate of drug-likeness (QED) is 0.574. The van der Waals surface area contributed by atoms with E-state index in [1.54, 1.807) is 0 Å². The van der Waals surface area contributed by atoms with Gasteiger partial charge in [-0.3, -0.25) is 4.79 Å². The number of nitrogens with one attached hydrogen (secondary N) is 1. The Bertz CT molecular complexity index is 1150. The first kappa shape index (κ1) is 17.1. The Morgan fingerprint density at radius 3 is 2.36 bits per heavy atom. The van der Waals surface area contributed by atoms with Gasteiger partial charge in [-0.25, -0.2) is 17.9 Å². The Labute approximate surface area is 141 Å². The van der Waals surface area contributed by atoms with Gasteiger partial charge in [-0.15, -0.1) is 0 Å². The molecule has 1 aromatic heterocycles. The number of carboxylic acids is 1. The normalized spacial score (nSPS) is 11.9. The van der Waals surface area contributed by atoms with E-state index < -0.39 is 21.4 Å². The van der Waals surface area contributed by atoms with Crippen molar-refractivity contribution in [2.75, 3.05) is 13.2 Å². The molecule has 0 amide bonds. The van der Waals surface area contributed by atoms with Crippen LogP contribution in [0, 0.1) is 0 Å². The van der Waals surface area contributed by atoms with Crippen LogP contribution in [-0.4, -0.2) is 37.8 Å². The summed E-state index contributed by atoms with van der Waals surface area (Å²) in [5, 5.41) is 17.8. The average molecular weight is 363 g/mol. The van der Waals surface area contributed by atoms with Gasteiger partial charge in [-0.1, -0.05) is 0 Å². The molecule has 1 heterocycles. The van der Waals surface area contributed by atoms with Crippen molar-refractivity contribution in [2.24, 2.45) is 0 Å². The third kappa shape index (κ3) is 3.12. The number of sulfonamides is 1. The lowest BCUT2D eigenvalue weighted by Crippen LogP contribution is -2.26. The number of rotatable bonds is 5. The van der Waals surface area contributed by atoms with Gasteiger partial charge in [0, 0.05) is 6.54 Å². The van der Waals surface area contributed by atoms with Gasteiger partial charge < -0.3 is 14.6 Å². The lowest BCUT2D eigenvalue weighted by molar-refractivity contribution is 0.0697. The van der Waals surface area contributed by atoms with E-state index in [1.165, 1.54) is 30.3 Å². The molecular weight excluding hydrogens is 350 g/mol. The third-order valence-electron chi connectivity index (χ3n) is 3.60. The molecule has 9 heteroatoms. The monoisotopic (exact) mass is 363 g/mol.